The van der Waals surface area contributed by atoms with Gasteiger partial charge in [-0.25, -0.2) is 0 Å². The molecule has 2 nitrogen and oxygen atoms in total. The fourth-order valence-corrected chi connectivity index (χ4v) is 0.0250. The minimum absolute atomic E-state index is 0. The summed E-state index contributed by atoms with van der Waals surface area (Å²) >= 11 is 7.06. The Kier molecular flexibility index (Phi) is 14.7. The van der Waals surface area contributed by atoms with E-state index in [9.17, 15) is 0 Å². The first-order valence-electron chi connectivity index (χ1n) is 1.39. The molecule has 0 saturated carbocycles. The zero-order valence-corrected chi connectivity index (χ0v) is 11.1. The predicted molar refractivity (Wildman–Crippen MR) is 34.2 cm³/mol. The van der Waals surface area contributed by atoms with Crippen molar-refractivity contribution in [1.82, 2.24) is 0 Å². The van der Waals surface area contributed by atoms with Gasteiger partial charge in [-0.15, -0.1) is 25.3 Å². The fourth-order valence-electron chi connectivity index (χ4n) is 0.0250. The number of nitriles is 2. The summed E-state index contributed by atoms with van der Waals surface area (Å²) < 4.78 is -1.42. The summed E-state index contributed by atoms with van der Waals surface area (Å²) in [6.45, 7) is 0. The minimum Gasteiger partial charge on any atom is -1.00 e. The van der Waals surface area contributed by atoms with Gasteiger partial charge in [0, 0.05) is 0 Å². The summed E-state index contributed by atoms with van der Waals surface area (Å²) in [4.78, 5) is 0. The van der Waals surface area contributed by atoms with Crippen LogP contribution in [0.2, 0.25) is 0 Å². The van der Waals surface area contributed by atoms with Crippen LogP contribution in [0.3, 0.4) is 0 Å². The maximum absolute atomic E-state index is 7.97. The average Bonchev–Trinajstić information content (AvgIpc) is 1.68. The van der Waals surface area contributed by atoms with Gasteiger partial charge in [-0.2, -0.15) is 10.5 Å². The summed E-state index contributed by atoms with van der Waals surface area (Å²) in [5.41, 5.74) is 0. The molecule has 0 spiro atoms. The number of hydrogen-bond donors (Lipinski definition) is 2. The van der Waals surface area contributed by atoms with Crippen LogP contribution in [-0.4, -0.2) is 4.08 Å². The SMILES string of the molecule is N#CC(S)(S)C#N.[H-].[H-].[Na+].[Na+]. The molecule has 0 fully saturated rings. The van der Waals surface area contributed by atoms with Crippen LogP contribution in [0.5, 0.6) is 0 Å². The number of rotatable bonds is 0. The van der Waals surface area contributed by atoms with Gasteiger partial charge >= 0.3 is 59.1 Å². The van der Waals surface area contributed by atoms with E-state index in [0.717, 1.165) is 0 Å². The van der Waals surface area contributed by atoms with E-state index in [4.69, 9.17) is 10.5 Å². The zero-order chi connectivity index (χ0) is 5.91. The molecule has 0 saturated heterocycles. The molecular weight excluding hydrogens is 174 g/mol. The van der Waals surface area contributed by atoms with E-state index >= 15 is 0 Å². The van der Waals surface area contributed by atoms with E-state index < -0.39 is 4.08 Å². The Morgan fingerprint density at radius 3 is 1.33 bits per heavy atom. The molecule has 0 aromatic carbocycles. The largest absolute Gasteiger partial charge is 1.00 e. The van der Waals surface area contributed by atoms with Crippen molar-refractivity contribution < 1.29 is 62.0 Å². The number of hydrogen-bond acceptors (Lipinski definition) is 4. The monoisotopic (exact) mass is 178 g/mol. The molecule has 9 heavy (non-hydrogen) atoms. The Labute approximate surface area is 112 Å². The van der Waals surface area contributed by atoms with E-state index in [1.165, 1.54) is 0 Å². The van der Waals surface area contributed by atoms with Crippen molar-refractivity contribution >= 4 is 25.3 Å². The first-order valence-corrected chi connectivity index (χ1v) is 2.29. The zero-order valence-electron chi connectivity index (χ0n) is 7.29. The van der Waals surface area contributed by atoms with Gasteiger partial charge in [-0.1, -0.05) is 0 Å². The molecular formula is C3H4N2Na2S2. The van der Waals surface area contributed by atoms with Crippen molar-refractivity contribution in [2.45, 2.75) is 4.08 Å². The molecule has 0 aliphatic rings. The molecule has 6 heteroatoms. The normalized spacial score (nSPS) is 7.11. The molecule has 0 rings (SSSR count). The molecule has 0 N–H and O–H groups in total. The van der Waals surface area contributed by atoms with E-state index in [-0.39, 0.29) is 62.0 Å². The summed E-state index contributed by atoms with van der Waals surface area (Å²) in [7, 11) is 0. The number of thiol groups is 2. The molecule has 0 aromatic rings. The molecule has 0 amide bonds. The van der Waals surface area contributed by atoms with Gasteiger partial charge in [0.1, 0.15) is 12.1 Å². The quantitative estimate of drug-likeness (QED) is 0.221. The second-order valence-corrected chi connectivity index (χ2v) is 2.59. The Bertz CT molecular complexity index is 136. The van der Waals surface area contributed by atoms with Crippen molar-refractivity contribution in [1.29, 1.82) is 10.5 Å². The third-order valence-corrected chi connectivity index (χ3v) is 0.712. The maximum Gasteiger partial charge on any atom is 1.00 e. The number of nitrogens with zero attached hydrogens (tertiary/aromatic N) is 2. The predicted octanol–water partition coefficient (Wildman–Crippen LogP) is -5.18. The van der Waals surface area contributed by atoms with Gasteiger partial charge in [-0.05, 0) is 0 Å². The third kappa shape index (κ3) is 9.68. The van der Waals surface area contributed by atoms with Crippen LogP contribution in [0, 0.1) is 22.7 Å². The third-order valence-electron chi connectivity index (χ3n) is 0.312. The summed E-state index contributed by atoms with van der Waals surface area (Å²) in [5, 5.41) is 15.9. The Morgan fingerprint density at radius 1 is 1.11 bits per heavy atom. The van der Waals surface area contributed by atoms with Crippen LogP contribution in [0.15, 0.2) is 0 Å². The molecule has 0 radical (unpaired) electrons. The molecule has 0 bridgehead atoms. The van der Waals surface area contributed by atoms with Crippen LogP contribution in [-0.2, 0) is 0 Å². The molecule has 40 valence electrons. The van der Waals surface area contributed by atoms with Gasteiger partial charge in [0.15, 0.2) is 0 Å². The van der Waals surface area contributed by atoms with E-state index in [1.54, 1.807) is 12.1 Å². The van der Waals surface area contributed by atoms with Crippen molar-refractivity contribution in [3.63, 3.8) is 0 Å². The van der Waals surface area contributed by atoms with Crippen LogP contribution >= 0.6 is 25.3 Å². The average molecular weight is 178 g/mol. The van der Waals surface area contributed by atoms with Crippen molar-refractivity contribution in [2.24, 2.45) is 0 Å². The van der Waals surface area contributed by atoms with Crippen molar-refractivity contribution in [3.8, 4) is 12.1 Å². The van der Waals surface area contributed by atoms with E-state index in [1.807, 2.05) is 0 Å². The Morgan fingerprint density at radius 2 is 1.33 bits per heavy atom. The van der Waals surface area contributed by atoms with E-state index in [2.05, 4.69) is 25.3 Å². The first-order chi connectivity index (χ1) is 3.12. The van der Waals surface area contributed by atoms with Crippen LogP contribution in [0.25, 0.3) is 0 Å². The van der Waals surface area contributed by atoms with E-state index in [0.29, 0.717) is 0 Å². The Hall–Kier alpha value is 1.68. The van der Waals surface area contributed by atoms with Gasteiger partial charge in [0.05, 0.1) is 0 Å². The molecule has 0 heterocycles. The van der Waals surface area contributed by atoms with Crippen LogP contribution < -0.4 is 59.1 Å². The first kappa shape index (κ1) is 17.0. The summed E-state index contributed by atoms with van der Waals surface area (Å²) in [6, 6.07) is 3.12. The smallest absolute Gasteiger partial charge is 1.00 e. The van der Waals surface area contributed by atoms with Gasteiger partial charge in [0.2, 0.25) is 4.08 Å². The summed E-state index contributed by atoms with van der Waals surface area (Å²) in [5.74, 6) is 0. The standard InChI is InChI=1S/C3H2N2S2.2Na.2H/c4-1-3(6,7)2-5;;;;/h6-7H;;;;/q;2*+1;2*-1. The second kappa shape index (κ2) is 7.78. The second-order valence-electron chi connectivity index (χ2n) is 0.896. The topological polar surface area (TPSA) is 47.6 Å². The molecule has 0 unspecified atom stereocenters. The van der Waals surface area contributed by atoms with Gasteiger partial charge < -0.3 is 2.85 Å². The van der Waals surface area contributed by atoms with Crippen LogP contribution in [0.1, 0.15) is 2.85 Å². The van der Waals surface area contributed by atoms with Crippen LogP contribution in [0.4, 0.5) is 0 Å². The Balaban J connectivity index is -0.0000000300. The van der Waals surface area contributed by atoms with Crippen molar-refractivity contribution in [2.75, 3.05) is 0 Å². The molecule has 0 atom stereocenters. The van der Waals surface area contributed by atoms with Gasteiger partial charge in [-0.3, -0.25) is 0 Å². The van der Waals surface area contributed by atoms with Gasteiger partial charge in [0.25, 0.3) is 0 Å². The molecule has 0 aromatic heterocycles. The maximum atomic E-state index is 7.97. The summed E-state index contributed by atoms with van der Waals surface area (Å²) in [6.07, 6.45) is 0. The van der Waals surface area contributed by atoms with Crippen molar-refractivity contribution in [3.05, 3.63) is 0 Å². The minimum atomic E-state index is -1.42. The molecule has 0 aliphatic heterocycles. The molecule has 0 aliphatic carbocycles. The fraction of sp³-hybridized carbons (Fsp3) is 0.333.